The van der Waals surface area contributed by atoms with E-state index < -0.39 is 6.10 Å². The first kappa shape index (κ1) is 18.2. The van der Waals surface area contributed by atoms with Crippen molar-refractivity contribution in [3.8, 4) is 0 Å². The third-order valence-electron chi connectivity index (χ3n) is 3.85. The van der Waals surface area contributed by atoms with Gasteiger partial charge in [0.1, 0.15) is 6.10 Å². The van der Waals surface area contributed by atoms with Gasteiger partial charge in [-0.1, -0.05) is 57.3 Å². The highest BCUT2D eigenvalue weighted by molar-refractivity contribution is 9.10. The second-order valence-electron chi connectivity index (χ2n) is 5.60. The Labute approximate surface area is 163 Å². The zero-order chi connectivity index (χ0) is 18.0. The molecule has 25 heavy (non-hydrogen) atoms. The fraction of sp³-hybridized carbons (Fsp3) is 0.105. The Morgan fingerprint density at radius 1 is 1.04 bits per heavy atom. The Kier molecular flexibility index (Phi) is 5.64. The van der Waals surface area contributed by atoms with Crippen LogP contribution in [-0.2, 0) is 6.54 Å². The van der Waals surface area contributed by atoms with E-state index in [4.69, 9.17) is 23.2 Å². The van der Waals surface area contributed by atoms with Crippen LogP contribution in [0.2, 0.25) is 10.0 Å². The van der Waals surface area contributed by atoms with Crippen LogP contribution in [-0.4, -0.2) is 9.67 Å². The van der Waals surface area contributed by atoms with Crippen LogP contribution in [0.25, 0.3) is 0 Å². The molecule has 0 fully saturated rings. The van der Waals surface area contributed by atoms with Gasteiger partial charge in [0, 0.05) is 50.6 Å². The lowest BCUT2D eigenvalue weighted by molar-refractivity contribution is 0.218. The minimum absolute atomic E-state index is 0.231. The van der Waals surface area contributed by atoms with E-state index in [1.54, 1.807) is 30.6 Å². The average Bonchev–Trinajstić information content (AvgIpc) is 2.58. The van der Waals surface area contributed by atoms with Crippen molar-refractivity contribution >= 4 is 39.1 Å². The molecule has 3 aromatic rings. The molecule has 1 N–H and O–H groups in total. The van der Waals surface area contributed by atoms with Crippen molar-refractivity contribution in [2.75, 3.05) is 0 Å². The SMILES string of the molecule is O=c1ccn(Cc2ccc(Br)cc2)cc1C(O)c1c(Cl)cccc1Cl. The highest BCUT2D eigenvalue weighted by Gasteiger charge is 2.20. The van der Waals surface area contributed by atoms with Gasteiger partial charge in [0.05, 0.1) is 0 Å². The van der Waals surface area contributed by atoms with Crippen LogP contribution >= 0.6 is 39.1 Å². The van der Waals surface area contributed by atoms with Gasteiger partial charge in [-0.25, -0.2) is 0 Å². The lowest BCUT2D eigenvalue weighted by Crippen LogP contribution is -2.17. The Morgan fingerprint density at radius 2 is 1.68 bits per heavy atom. The lowest BCUT2D eigenvalue weighted by Gasteiger charge is -2.16. The number of nitrogens with zero attached hydrogens (tertiary/aromatic N) is 1. The van der Waals surface area contributed by atoms with E-state index >= 15 is 0 Å². The lowest BCUT2D eigenvalue weighted by atomic mass is 10.0. The van der Waals surface area contributed by atoms with Crippen molar-refractivity contribution < 1.29 is 5.11 Å². The van der Waals surface area contributed by atoms with Crippen LogP contribution in [0, 0.1) is 0 Å². The summed E-state index contributed by atoms with van der Waals surface area (Å²) < 4.78 is 2.84. The summed E-state index contributed by atoms with van der Waals surface area (Å²) in [7, 11) is 0. The topological polar surface area (TPSA) is 42.2 Å². The zero-order valence-corrected chi connectivity index (χ0v) is 16.1. The van der Waals surface area contributed by atoms with E-state index in [9.17, 15) is 9.90 Å². The summed E-state index contributed by atoms with van der Waals surface area (Å²) in [4.78, 5) is 12.2. The summed E-state index contributed by atoms with van der Waals surface area (Å²) in [5.41, 5.74) is 1.37. The standard InChI is InChI=1S/C19H14BrCl2NO2/c20-13-6-4-12(5-7-13)10-23-9-8-17(24)14(11-23)19(25)18-15(21)2-1-3-16(18)22/h1-9,11,19,25H,10H2. The van der Waals surface area contributed by atoms with Gasteiger partial charge in [0.25, 0.3) is 0 Å². The van der Waals surface area contributed by atoms with Gasteiger partial charge in [-0.2, -0.15) is 0 Å². The highest BCUT2D eigenvalue weighted by atomic mass is 79.9. The van der Waals surface area contributed by atoms with Crippen LogP contribution in [0.4, 0.5) is 0 Å². The Hall–Kier alpha value is -1.59. The van der Waals surface area contributed by atoms with E-state index in [0.29, 0.717) is 22.2 Å². The summed E-state index contributed by atoms with van der Waals surface area (Å²) >= 11 is 15.7. The van der Waals surface area contributed by atoms with E-state index in [1.807, 2.05) is 28.8 Å². The second kappa shape index (κ2) is 7.75. The molecule has 1 heterocycles. The second-order valence-corrected chi connectivity index (χ2v) is 7.33. The van der Waals surface area contributed by atoms with Crippen LogP contribution < -0.4 is 5.43 Å². The molecule has 2 aromatic carbocycles. The molecule has 0 aliphatic carbocycles. The monoisotopic (exact) mass is 437 g/mol. The molecule has 128 valence electrons. The van der Waals surface area contributed by atoms with Gasteiger partial charge in [0.15, 0.2) is 5.43 Å². The van der Waals surface area contributed by atoms with Gasteiger partial charge in [-0.15, -0.1) is 0 Å². The molecular weight excluding hydrogens is 425 g/mol. The number of benzene rings is 2. The third kappa shape index (κ3) is 4.15. The number of aromatic nitrogens is 1. The van der Waals surface area contributed by atoms with Crippen molar-refractivity contribution in [1.29, 1.82) is 0 Å². The van der Waals surface area contributed by atoms with Crippen molar-refractivity contribution in [3.63, 3.8) is 0 Å². The Balaban J connectivity index is 1.96. The number of aliphatic hydroxyl groups is 1. The summed E-state index contributed by atoms with van der Waals surface area (Å²) in [5.74, 6) is 0. The normalized spacial score (nSPS) is 12.2. The molecule has 0 bridgehead atoms. The van der Waals surface area contributed by atoms with Crippen molar-refractivity contribution in [1.82, 2.24) is 4.57 Å². The van der Waals surface area contributed by atoms with Crippen molar-refractivity contribution in [2.45, 2.75) is 12.6 Å². The number of halogens is 3. The fourth-order valence-corrected chi connectivity index (χ4v) is 3.45. The highest BCUT2D eigenvalue weighted by Crippen LogP contribution is 2.32. The Bertz CT molecular complexity index is 934. The largest absolute Gasteiger partial charge is 0.383 e. The molecule has 0 aliphatic rings. The number of hydrogen-bond donors (Lipinski definition) is 1. The van der Waals surface area contributed by atoms with Crippen LogP contribution in [0.15, 0.2) is 70.2 Å². The fourth-order valence-electron chi connectivity index (χ4n) is 2.58. The average molecular weight is 439 g/mol. The van der Waals surface area contributed by atoms with E-state index in [2.05, 4.69) is 15.9 Å². The number of rotatable bonds is 4. The first-order valence-corrected chi connectivity index (χ1v) is 9.07. The van der Waals surface area contributed by atoms with E-state index in [0.717, 1.165) is 10.0 Å². The molecule has 6 heteroatoms. The molecule has 0 spiro atoms. The maximum absolute atomic E-state index is 12.2. The predicted molar refractivity (Wildman–Crippen MR) is 104 cm³/mol. The maximum Gasteiger partial charge on any atom is 0.187 e. The quantitative estimate of drug-likeness (QED) is 0.619. The molecule has 0 aliphatic heterocycles. The van der Waals surface area contributed by atoms with Crippen molar-refractivity contribution in [3.05, 3.63) is 102 Å². The smallest absolute Gasteiger partial charge is 0.187 e. The molecule has 0 saturated carbocycles. The minimum atomic E-state index is -1.19. The van der Waals surface area contributed by atoms with Gasteiger partial charge < -0.3 is 9.67 Å². The molecule has 0 radical (unpaired) electrons. The predicted octanol–water partition coefficient (Wildman–Crippen LogP) is 5.05. The van der Waals surface area contributed by atoms with Crippen LogP contribution in [0.3, 0.4) is 0 Å². The molecule has 1 unspecified atom stereocenters. The summed E-state index contributed by atoms with van der Waals surface area (Å²) in [5, 5.41) is 11.3. The van der Waals surface area contributed by atoms with Crippen LogP contribution in [0.5, 0.6) is 0 Å². The number of pyridine rings is 1. The minimum Gasteiger partial charge on any atom is -0.383 e. The van der Waals surface area contributed by atoms with Gasteiger partial charge in [0.2, 0.25) is 0 Å². The number of aliphatic hydroxyl groups excluding tert-OH is 1. The van der Waals surface area contributed by atoms with Crippen molar-refractivity contribution in [2.24, 2.45) is 0 Å². The Morgan fingerprint density at radius 3 is 2.32 bits per heavy atom. The third-order valence-corrected chi connectivity index (χ3v) is 5.04. The summed E-state index contributed by atoms with van der Waals surface area (Å²) in [6, 6.07) is 14.3. The molecule has 3 rings (SSSR count). The van der Waals surface area contributed by atoms with Gasteiger partial charge in [-0.3, -0.25) is 4.79 Å². The number of hydrogen-bond acceptors (Lipinski definition) is 2. The molecule has 0 amide bonds. The van der Waals surface area contributed by atoms with Gasteiger partial charge >= 0.3 is 0 Å². The summed E-state index contributed by atoms with van der Waals surface area (Å²) in [6.45, 7) is 0.573. The molecule has 0 saturated heterocycles. The summed E-state index contributed by atoms with van der Waals surface area (Å²) in [6.07, 6.45) is 2.13. The van der Waals surface area contributed by atoms with Gasteiger partial charge in [-0.05, 0) is 29.8 Å². The van der Waals surface area contributed by atoms with E-state index in [-0.39, 0.29) is 11.0 Å². The molecule has 3 nitrogen and oxygen atoms in total. The maximum atomic E-state index is 12.2. The molecule has 1 atom stereocenters. The first-order chi connectivity index (χ1) is 12.0. The first-order valence-electron chi connectivity index (χ1n) is 7.52. The zero-order valence-electron chi connectivity index (χ0n) is 13.0. The van der Waals surface area contributed by atoms with E-state index in [1.165, 1.54) is 6.07 Å². The molecular formula is C19H14BrCl2NO2. The van der Waals surface area contributed by atoms with Crippen LogP contribution in [0.1, 0.15) is 22.8 Å². The molecule has 1 aromatic heterocycles.